The summed E-state index contributed by atoms with van der Waals surface area (Å²) >= 11 is 3.64. The number of hydrogen-bond acceptors (Lipinski definition) is 8. The first-order valence-electron chi connectivity index (χ1n) is 20.4. The monoisotopic (exact) mass is 879 g/mol. The summed E-state index contributed by atoms with van der Waals surface area (Å²) in [6, 6.07) is 55.3. The van der Waals surface area contributed by atoms with E-state index in [1.807, 2.05) is 108 Å². The second-order valence-electron chi connectivity index (χ2n) is 14.5. The Morgan fingerprint density at radius 1 is 0.645 bits per heavy atom. The third-order valence-corrected chi connectivity index (χ3v) is 13.7. The van der Waals surface area contributed by atoms with Gasteiger partial charge < -0.3 is 18.8 Å². The molecule has 0 radical (unpaired) electrons. The lowest BCUT2D eigenvalue weighted by atomic mass is 9.93. The zero-order valence-electron chi connectivity index (χ0n) is 34.5. The van der Waals surface area contributed by atoms with E-state index in [1.54, 1.807) is 32.4 Å². The van der Waals surface area contributed by atoms with Crippen molar-refractivity contribution >= 4 is 61.7 Å². The van der Waals surface area contributed by atoms with Crippen LogP contribution in [0.4, 0.5) is 17.1 Å². The summed E-state index contributed by atoms with van der Waals surface area (Å²) in [6.07, 6.45) is 1.76. The highest BCUT2D eigenvalue weighted by Crippen LogP contribution is 2.44. The van der Waals surface area contributed by atoms with Crippen molar-refractivity contribution in [1.29, 1.82) is 0 Å². The summed E-state index contributed by atoms with van der Waals surface area (Å²) in [5.41, 5.74) is 4.97. The molecule has 0 atom stereocenters. The Morgan fingerprint density at radius 3 is 1.98 bits per heavy atom. The zero-order valence-corrected chi connectivity index (χ0v) is 37.0. The van der Waals surface area contributed by atoms with Crippen molar-refractivity contribution in [1.82, 2.24) is 4.58 Å². The van der Waals surface area contributed by atoms with Gasteiger partial charge >= 0.3 is 0 Å². The molecule has 0 saturated carbocycles. The Labute approximate surface area is 371 Å². The summed E-state index contributed by atoms with van der Waals surface area (Å²) in [5.74, 6) is 3.85. The molecule has 314 valence electrons. The molecule has 0 amide bonds. The summed E-state index contributed by atoms with van der Waals surface area (Å²) in [6.45, 7) is 1.39. The van der Waals surface area contributed by atoms with E-state index < -0.39 is 10.1 Å². The van der Waals surface area contributed by atoms with Crippen molar-refractivity contribution in [3.05, 3.63) is 175 Å². The topological polar surface area (TPSA) is 92.2 Å². The van der Waals surface area contributed by atoms with Gasteiger partial charge in [0.15, 0.2) is 12.3 Å². The third kappa shape index (κ3) is 9.72. The smallest absolute Gasteiger partial charge is 0.295 e. The molecule has 11 heteroatoms. The number of para-hydroxylation sites is 4. The van der Waals surface area contributed by atoms with Gasteiger partial charge in [0.05, 0.1) is 26.0 Å². The number of nitrogens with zero attached hydrogens (tertiary/aromatic N) is 2. The van der Waals surface area contributed by atoms with Gasteiger partial charge in [-0.05, 0) is 78.9 Å². The minimum absolute atomic E-state index is 0.180. The van der Waals surface area contributed by atoms with Gasteiger partial charge in [0.2, 0.25) is 11.0 Å². The molecule has 2 aliphatic rings. The van der Waals surface area contributed by atoms with Crippen LogP contribution in [0.5, 0.6) is 11.5 Å². The van der Waals surface area contributed by atoms with Crippen LogP contribution in [0.3, 0.4) is 0 Å². The fourth-order valence-corrected chi connectivity index (χ4v) is 10.1. The average molecular weight is 880 g/mol. The molecular formula is C51H47N2O6S3+. The molecule has 6 aromatic rings. The average Bonchev–Trinajstić information content (AvgIpc) is 3.31. The maximum atomic E-state index is 12.9. The molecule has 1 N–H and O–H groups in total. The van der Waals surface area contributed by atoms with Gasteiger partial charge in [-0.1, -0.05) is 78.9 Å². The van der Waals surface area contributed by atoms with E-state index in [9.17, 15) is 13.0 Å². The molecule has 1 heterocycles. The quantitative estimate of drug-likeness (QED) is 0.0315. The van der Waals surface area contributed by atoms with Gasteiger partial charge in [-0.15, -0.1) is 23.5 Å². The molecule has 0 aromatic heterocycles. The van der Waals surface area contributed by atoms with Crippen LogP contribution in [-0.2, 0) is 10.1 Å². The fraction of sp³-hybridized carbons (Fsp3) is 0.157. The Balaban J connectivity index is 1.29. The van der Waals surface area contributed by atoms with Crippen LogP contribution in [0.15, 0.2) is 189 Å². The molecule has 1 aliphatic carbocycles. The first-order chi connectivity index (χ1) is 30.3. The lowest BCUT2D eigenvalue weighted by molar-refractivity contribution is 0.411. The largest absolute Gasteiger partial charge is 0.495 e. The number of methoxy groups -OCH3 is 2. The highest BCUT2D eigenvalue weighted by Gasteiger charge is 2.26. The van der Waals surface area contributed by atoms with Crippen LogP contribution < -0.4 is 24.3 Å². The van der Waals surface area contributed by atoms with Crippen molar-refractivity contribution in [3.8, 4) is 33.9 Å². The van der Waals surface area contributed by atoms with Gasteiger partial charge in [0.1, 0.15) is 22.0 Å². The lowest BCUT2D eigenvalue weighted by Gasteiger charge is -2.27. The number of rotatable bonds is 17. The second kappa shape index (κ2) is 19.8. The summed E-state index contributed by atoms with van der Waals surface area (Å²) in [7, 11) is -1.24. The number of hydrogen-bond donors (Lipinski definition) is 1. The fourth-order valence-electron chi connectivity index (χ4n) is 7.73. The van der Waals surface area contributed by atoms with Gasteiger partial charge in [-0.25, -0.2) is 0 Å². The lowest BCUT2D eigenvalue weighted by Crippen LogP contribution is -2.27. The van der Waals surface area contributed by atoms with Gasteiger partial charge in [-0.2, -0.15) is 13.0 Å². The maximum absolute atomic E-state index is 12.9. The second-order valence-corrected chi connectivity index (χ2v) is 18.2. The number of ether oxygens (including phenoxy) is 2. The molecule has 8 rings (SSSR count). The maximum Gasteiger partial charge on any atom is 0.295 e. The molecule has 62 heavy (non-hydrogen) atoms. The normalized spacial score (nSPS) is 12.0. The number of thioether (sulfide) groups is 2. The minimum Gasteiger partial charge on any atom is -0.495 e. The van der Waals surface area contributed by atoms with Crippen LogP contribution in [0.2, 0.25) is 0 Å². The van der Waals surface area contributed by atoms with Crippen LogP contribution in [0.1, 0.15) is 12.8 Å². The van der Waals surface area contributed by atoms with Crippen LogP contribution in [-0.4, -0.2) is 51.8 Å². The van der Waals surface area contributed by atoms with Gasteiger partial charge in [0.25, 0.3) is 10.1 Å². The molecule has 0 spiro atoms. The molecule has 6 aromatic carbocycles. The Morgan fingerprint density at radius 2 is 1.27 bits per heavy atom. The van der Waals surface area contributed by atoms with Crippen molar-refractivity contribution < 1.29 is 26.9 Å². The Kier molecular flexibility index (Phi) is 13.6. The van der Waals surface area contributed by atoms with Crippen molar-refractivity contribution in [2.24, 2.45) is 0 Å². The molecule has 1 aliphatic heterocycles. The first-order valence-corrected chi connectivity index (χ1v) is 23.8. The van der Waals surface area contributed by atoms with E-state index in [2.05, 4.69) is 70.1 Å². The van der Waals surface area contributed by atoms with Crippen molar-refractivity contribution in [2.45, 2.75) is 27.5 Å². The Hall–Kier alpha value is -5.98. The first kappa shape index (κ1) is 42.7. The van der Waals surface area contributed by atoms with Crippen molar-refractivity contribution in [2.75, 3.05) is 43.7 Å². The highest BCUT2D eigenvalue weighted by molar-refractivity contribution is 7.99. The van der Waals surface area contributed by atoms with Crippen LogP contribution in [0.25, 0.3) is 33.4 Å². The van der Waals surface area contributed by atoms with Gasteiger partial charge in [-0.3, -0.25) is 4.55 Å². The molecule has 0 fully saturated rings. The van der Waals surface area contributed by atoms with E-state index in [0.29, 0.717) is 46.5 Å². The third-order valence-electron chi connectivity index (χ3n) is 10.6. The minimum atomic E-state index is -4.59. The summed E-state index contributed by atoms with van der Waals surface area (Å²) in [4.78, 5) is 4.50. The molecule has 0 bridgehead atoms. The number of benzene rings is 7. The molecule has 0 unspecified atom stereocenters. The predicted molar refractivity (Wildman–Crippen MR) is 254 cm³/mol. The summed E-state index contributed by atoms with van der Waals surface area (Å²) in [5, 5.41) is 1.58. The standard InChI is InChI=1S/C51H46N2O6S3/c1-57-46-24-12-10-22-44(46)52(31-15-33-60-39-17-5-3-6-18-39)37-27-29-41-48(35-37)59-49-36-38(28-30-42(49)51(41)43-21-9-14-26-50(43)62(54,55)56)53(45-23-11-13-25-47(45)58-2)32-16-34-61-40-19-7-4-8-20-40/h3-14,17-30,35-36H,15-16,31-34H2,1-2H3/p+1. The highest BCUT2D eigenvalue weighted by atomic mass is 32.2. The number of fused-ring (bicyclic) bond motifs is 2. The Bertz CT molecular complexity index is 2940. The zero-order chi connectivity index (χ0) is 42.9. The van der Waals surface area contributed by atoms with E-state index >= 15 is 0 Å². The molecule has 0 saturated heterocycles. The van der Waals surface area contributed by atoms with E-state index in [-0.39, 0.29) is 4.90 Å². The van der Waals surface area contributed by atoms with E-state index in [4.69, 9.17) is 13.9 Å². The SMILES string of the molecule is COc1ccccc1N(CCCSc1ccccc1)c1ccc2c(-c3ccccc3S(=O)(=O)O)c3ccc(=[N+](CCCSc4ccccc4)c4ccccc4OC)cc-3oc2c1. The molecular weight excluding hydrogens is 833 g/mol. The predicted octanol–water partition coefficient (Wildman–Crippen LogP) is 12.1. The van der Waals surface area contributed by atoms with Crippen molar-refractivity contribution in [3.63, 3.8) is 0 Å². The summed E-state index contributed by atoms with van der Waals surface area (Å²) < 4.78 is 57.3. The van der Waals surface area contributed by atoms with Crippen LogP contribution in [0, 0.1) is 0 Å². The van der Waals surface area contributed by atoms with E-state index in [1.165, 1.54) is 15.9 Å². The van der Waals surface area contributed by atoms with Crippen LogP contribution >= 0.6 is 23.5 Å². The molecule has 8 nitrogen and oxygen atoms in total. The van der Waals surface area contributed by atoms with Gasteiger partial charge in [0, 0.05) is 74.5 Å². The number of anilines is 2. The van der Waals surface area contributed by atoms with E-state index in [0.717, 1.165) is 58.3 Å².